The molecule has 1 N–H and O–H groups in total. The molecule has 1 amide bonds. The number of hydrogen-bond acceptors (Lipinski definition) is 5. The van der Waals surface area contributed by atoms with Gasteiger partial charge in [-0.3, -0.25) is 4.79 Å². The number of amides is 1. The van der Waals surface area contributed by atoms with Crippen LogP contribution in [-0.4, -0.2) is 34.7 Å². The molecule has 31 heavy (non-hydrogen) atoms. The van der Waals surface area contributed by atoms with Gasteiger partial charge in [-0.2, -0.15) is 5.10 Å². The second-order valence-corrected chi connectivity index (χ2v) is 7.47. The zero-order chi connectivity index (χ0) is 22.0. The summed E-state index contributed by atoms with van der Waals surface area (Å²) in [6.07, 6.45) is 0.958. The molecule has 0 atom stereocenters. The molecule has 2 heterocycles. The van der Waals surface area contributed by atoms with Crippen molar-refractivity contribution in [3.05, 3.63) is 65.0 Å². The number of nitrogens with one attached hydrogen (secondary N) is 1. The van der Waals surface area contributed by atoms with E-state index in [0.717, 1.165) is 44.8 Å². The Hall–Kier alpha value is -3.61. The molecule has 0 aliphatic rings. The molecular formula is C24H26N4O3. The lowest BCUT2D eigenvalue weighted by atomic mass is 10.1. The van der Waals surface area contributed by atoms with Gasteiger partial charge in [-0.25, -0.2) is 9.50 Å². The second-order valence-electron chi connectivity index (χ2n) is 7.47. The van der Waals surface area contributed by atoms with Crippen molar-refractivity contribution in [2.24, 2.45) is 0 Å². The lowest BCUT2D eigenvalue weighted by molar-refractivity contribution is -0.121. The fraction of sp³-hybridized carbons (Fsp3) is 0.292. The molecule has 0 aliphatic carbocycles. The molecule has 160 valence electrons. The van der Waals surface area contributed by atoms with Crippen LogP contribution in [0.1, 0.15) is 28.9 Å². The molecule has 4 rings (SSSR count). The Bertz CT molecular complexity index is 1260. The van der Waals surface area contributed by atoms with Gasteiger partial charge in [0, 0.05) is 35.3 Å². The van der Waals surface area contributed by atoms with Crippen molar-refractivity contribution in [3.8, 4) is 11.5 Å². The second kappa shape index (κ2) is 8.63. The molecule has 0 radical (unpaired) electrons. The summed E-state index contributed by atoms with van der Waals surface area (Å²) >= 11 is 0. The van der Waals surface area contributed by atoms with Gasteiger partial charge in [0.2, 0.25) is 5.91 Å². The van der Waals surface area contributed by atoms with E-state index in [1.54, 1.807) is 14.2 Å². The Labute approximate surface area is 181 Å². The van der Waals surface area contributed by atoms with E-state index >= 15 is 0 Å². The quantitative estimate of drug-likeness (QED) is 0.494. The van der Waals surface area contributed by atoms with Crippen LogP contribution < -0.4 is 14.8 Å². The van der Waals surface area contributed by atoms with Crippen molar-refractivity contribution in [2.75, 3.05) is 14.2 Å². The van der Waals surface area contributed by atoms with Crippen molar-refractivity contribution >= 4 is 22.5 Å². The summed E-state index contributed by atoms with van der Waals surface area (Å²) in [5, 5.41) is 8.69. The summed E-state index contributed by atoms with van der Waals surface area (Å²) in [6.45, 7) is 4.39. The highest BCUT2D eigenvalue weighted by Gasteiger charge is 2.15. The first-order valence-electron chi connectivity index (χ1n) is 10.2. The summed E-state index contributed by atoms with van der Waals surface area (Å²) in [4.78, 5) is 17.3. The maximum absolute atomic E-state index is 12.5. The summed E-state index contributed by atoms with van der Waals surface area (Å²) in [5.74, 6) is 1.41. The van der Waals surface area contributed by atoms with Crippen LogP contribution in [0.2, 0.25) is 0 Å². The van der Waals surface area contributed by atoms with Crippen LogP contribution in [0.25, 0.3) is 16.6 Å². The van der Waals surface area contributed by atoms with Crippen LogP contribution in [0.15, 0.2) is 42.5 Å². The average molecular weight is 418 g/mol. The maximum atomic E-state index is 12.5. The molecule has 0 saturated carbocycles. The van der Waals surface area contributed by atoms with E-state index < -0.39 is 0 Å². The minimum Gasteiger partial charge on any atom is -0.497 e. The third kappa shape index (κ3) is 4.03. The number of carbonyl (C=O) groups is 1. The predicted molar refractivity (Wildman–Crippen MR) is 120 cm³/mol. The van der Waals surface area contributed by atoms with Gasteiger partial charge >= 0.3 is 0 Å². The van der Waals surface area contributed by atoms with Crippen molar-refractivity contribution in [2.45, 2.75) is 33.2 Å². The van der Waals surface area contributed by atoms with Gasteiger partial charge in [0.05, 0.1) is 19.7 Å². The largest absolute Gasteiger partial charge is 0.497 e. The predicted octanol–water partition coefficient (Wildman–Crippen LogP) is 3.77. The van der Waals surface area contributed by atoms with Crippen LogP contribution in [-0.2, 0) is 17.8 Å². The molecule has 7 nitrogen and oxygen atoms in total. The number of aryl methyl sites for hydroxylation is 2. The van der Waals surface area contributed by atoms with Crippen LogP contribution in [0.3, 0.4) is 0 Å². The molecule has 2 aromatic heterocycles. The topological polar surface area (TPSA) is 77.8 Å². The number of hydrogen-bond donors (Lipinski definition) is 1. The minimum absolute atomic E-state index is 0.0330. The zero-order valence-electron chi connectivity index (χ0n) is 18.2. The van der Waals surface area contributed by atoms with Crippen LogP contribution in [0, 0.1) is 13.8 Å². The van der Waals surface area contributed by atoms with E-state index in [0.29, 0.717) is 25.1 Å². The first-order chi connectivity index (χ1) is 15.0. The number of ether oxygens (including phenoxy) is 2. The molecule has 0 saturated heterocycles. The number of methoxy groups -OCH3 is 2. The molecule has 0 aliphatic heterocycles. The first-order valence-corrected chi connectivity index (χ1v) is 10.2. The van der Waals surface area contributed by atoms with E-state index in [1.807, 2.05) is 60.8 Å². The molecule has 7 heteroatoms. The number of aromatic nitrogens is 3. The van der Waals surface area contributed by atoms with Gasteiger partial charge in [-0.15, -0.1) is 0 Å². The van der Waals surface area contributed by atoms with Crippen molar-refractivity contribution in [1.29, 1.82) is 0 Å². The minimum atomic E-state index is -0.0330. The highest BCUT2D eigenvalue weighted by Crippen LogP contribution is 2.24. The van der Waals surface area contributed by atoms with Crippen molar-refractivity contribution < 1.29 is 14.3 Å². The molecule has 0 fully saturated rings. The lowest BCUT2D eigenvalue weighted by Gasteiger charge is -2.13. The molecule has 0 spiro atoms. The van der Waals surface area contributed by atoms with E-state index in [2.05, 4.69) is 10.4 Å². The van der Waals surface area contributed by atoms with E-state index in [-0.39, 0.29) is 5.91 Å². The number of benzene rings is 2. The Morgan fingerprint density at radius 2 is 1.90 bits per heavy atom. The highest BCUT2D eigenvalue weighted by molar-refractivity contribution is 5.92. The zero-order valence-corrected chi connectivity index (χ0v) is 18.2. The SMILES string of the molecule is COc1ccc(OC)c(CNC(=O)CCc2c(C)nc3c4ccccc4nn3c2C)c1. The monoisotopic (exact) mass is 418 g/mol. The fourth-order valence-electron chi connectivity index (χ4n) is 3.88. The standard InChI is InChI=1S/C24H26N4O3/c1-15-19(16(2)28-24(26-15)20-7-5-6-8-21(20)27-28)10-12-23(29)25-14-17-13-18(30-3)9-11-22(17)31-4/h5-9,11,13H,10,12,14H2,1-4H3,(H,25,29). The summed E-state index contributed by atoms with van der Waals surface area (Å²) in [7, 11) is 3.23. The number of nitrogens with zero attached hydrogens (tertiary/aromatic N) is 3. The summed E-state index contributed by atoms with van der Waals surface area (Å²) in [6, 6.07) is 13.5. The molecule has 2 aromatic carbocycles. The van der Waals surface area contributed by atoms with Crippen molar-refractivity contribution in [3.63, 3.8) is 0 Å². The van der Waals surface area contributed by atoms with Crippen LogP contribution in [0.5, 0.6) is 11.5 Å². The van der Waals surface area contributed by atoms with Crippen LogP contribution >= 0.6 is 0 Å². The van der Waals surface area contributed by atoms with Gasteiger partial charge in [-0.1, -0.05) is 12.1 Å². The van der Waals surface area contributed by atoms with Gasteiger partial charge in [0.25, 0.3) is 0 Å². The third-order valence-electron chi connectivity index (χ3n) is 5.58. The Morgan fingerprint density at radius 1 is 1.10 bits per heavy atom. The van der Waals surface area contributed by atoms with E-state index in [4.69, 9.17) is 14.5 Å². The summed E-state index contributed by atoms with van der Waals surface area (Å²) < 4.78 is 12.5. The van der Waals surface area contributed by atoms with Gasteiger partial charge < -0.3 is 14.8 Å². The molecule has 0 unspecified atom stereocenters. The Balaban J connectivity index is 1.48. The number of fused-ring (bicyclic) bond motifs is 3. The molecular weight excluding hydrogens is 392 g/mol. The smallest absolute Gasteiger partial charge is 0.220 e. The lowest BCUT2D eigenvalue weighted by Crippen LogP contribution is -2.23. The maximum Gasteiger partial charge on any atom is 0.220 e. The molecule has 0 bridgehead atoms. The van der Waals surface area contributed by atoms with E-state index in [1.165, 1.54) is 0 Å². The first kappa shape index (κ1) is 20.7. The van der Waals surface area contributed by atoms with Gasteiger partial charge in [0.15, 0.2) is 5.65 Å². The number of rotatable bonds is 7. The third-order valence-corrected chi connectivity index (χ3v) is 5.58. The Morgan fingerprint density at radius 3 is 2.68 bits per heavy atom. The average Bonchev–Trinajstić information content (AvgIpc) is 3.16. The Kier molecular flexibility index (Phi) is 5.75. The normalized spacial score (nSPS) is 11.1. The van der Waals surface area contributed by atoms with Crippen LogP contribution in [0.4, 0.5) is 0 Å². The van der Waals surface area contributed by atoms with Gasteiger partial charge in [0.1, 0.15) is 11.5 Å². The summed E-state index contributed by atoms with van der Waals surface area (Å²) in [5.41, 5.74) is 5.63. The van der Waals surface area contributed by atoms with Crippen molar-refractivity contribution in [1.82, 2.24) is 19.9 Å². The highest BCUT2D eigenvalue weighted by atomic mass is 16.5. The molecule has 4 aromatic rings. The fourth-order valence-corrected chi connectivity index (χ4v) is 3.88. The van der Waals surface area contributed by atoms with Gasteiger partial charge in [-0.05, 0) is 56.2 Å². The number of carbonyl (C=O) groups excluding carboxylic acids is 1. The van der Waals surface area contributed by atoms with E-state index in [9.17, 15) is 4.79 Å².